The first-order valence-electron chi connectivity index (χ1n) is 15.0. The summed E-state index contributed by atoms with van der Waals surface area (Å²) in [5, 5.41) is 12.9. The van der Waals surface area contributed by atoms with Crippen LogP contribution in [0.1, 0.15) is 68.9 Å². The molecule has 3 aromatic carbocycles. The van der Waals surface area contributed by atoms with E-state index in [1.807, 2.05) is 66.7 Å². The summed E-state index contributed by atoms with van der Waals surface area (Å²) >= 11 is 0. The molecule has 0 saturated heterocycles. The first-order chi connectivity index (χ1) is 20.4. The first kappa shape index (κ1) is 35.3. The Balaban J connectivity index is 1.84. The van der Waals surface area contributed by atoms with Gasteiger partial charge in [-0.1, -0.05) is 81.4 Å². The summed E-state index contributed by atoms with van der Waals surface area (Å²) in [6.07, 6.45) is 1.55. The van der Waals surface area contributed by atoms with Crippen molar-refractivity contribution in [1.82, 2.24) is 5.32 Å². The zero-order chi connectivity index (χ0) is 32.7. The number of carboxylic acids is 1. The topological polar surface area (TPSA) is 114 Å². The van der Waals surface area contributed by atoms with Gasteiger partial charge in [-0.25, -0.2) is 8.42 Å². The Morgan fingerprint density at radius 2 is 1.55 bits per heavy atom. The lowest BCUT2D eigenvalue weighted by atomic mass is 9.98. The van der Waals surface area contributed by atoms with Crippen LogP contribution in [0, 0.1) is 0 Å². The second-order valence-electron chi connectivity index (χ2n) is 13.1. The largest absolute Gasteiger partial charge is 0.487 e. The van der Waals surface area contributed by atoms with Gasteiger partial charge in [-0.15, -0.1) is 0 Å². The number of rotatable bonds is 15. The maximum absolute atomic E-state index is 12.3. The Hall–Kier alpha value is -3.18. The van der Waals surface area contributed by atoms with E-state index in [0.29, 0.717) is 24.6 Å². The van der Waals surface area contributed by atoms with E-state index in [9.17, 15) is 18.3 Å². The SMILES string of the molecule is CC(C(=O)O)c1ccc(C[C@@H](C)NC[C@H](O[Si](C)(C)C(C)(C)C)c2ccc(OCc3ccccc3)c(NS(C)(=O)=O)c2)cc1. The number of ether oxygens (including phenoxy) is 1. The number of nitrogens with one attached hydrogen (secondary N) is 2. The van der Waals surface area contributed by atoms with Crippen molar-refractivity contribution in [3.63, 3.8) is 0 Å². The minimum Gasteiger partial charge on any atom is -0.487 e. The molecule has 0 bridgehead atoms. The van der Waals surface area contributed by atoms with Crippen molar-refractivity contribution in [2.75, 3.05) is 17.5 Å². The number of sulfonamides is 1. The quantitative estimate of drug-likeness (QED) is 0.152. The van der Waals surface area contributed by atoms with Crippen molar-refractivity contribution in [2.24, 2.45) is 0 Å². The Morgan fingerprint density at radius 1 is 0.932 bits per heavy atom. The van der Waals surface area contributed by atoms with E-state index in [1.54, 1.807) is 13.0 Å². The van der Waals surface area contributed by atoms with Gasteiger partial charge >= 0.3 is 5.97 Å². The molecule has 1 unspecified atom stereocenters. The fourth-order valence-corrected chi connectivity index (χ4v) is 6.31. The normalized spacial score (nSPS) is 14.5. The van der Waals surface area contributed by atoms with Gasteiger partial charge in [0.15, 0.2) is 8.32 Å². The van der Waals surface area contributed by atoms with Crippen LogP contribution in [0.3, 0.4) is 0 Å². The van der Waals surface area contributed by atoms with Gasteiger partial charge in [0.25, 0.3) is 0 Å². The Morgan fingerprint density at radius 3 is 2.11 bits per heavy atom. The second kappa shape index (κ2) is 14.7. The molecule has 0 aliphatic carbocycles. The molecule has 44 heavy (non-hydrogen) atoms. The van der Waals surface area contributed by atoms with E-state index in [0.717, 1.165) is 34.9 Å². The standard InChI is InChI=1S/C34H48N2O6SSi/c1-24(20-26-14-16-28(17-15-26)25(2)33(37)38)35-22-32(42-44(7,8)34(3,4)5)29-18-19-31(30(21-29)36-43(6,39)40)41-23-27-12-10-9-11-13-27/h9-19,21,24-25,32,35-36H,20,22-23H2,1-8H3,(H,37,38)/t24-,25?,32+/m1/s1. The number of anilines is 1. The van der Waals surface area contributed by atoms with Gasteiger partial charge < -0.3 is 19.6 Å². The van der Waals surface area contributed by atoms with Crippen LogP contribution in [0.25, 0.3) is 0 Å². The van der Waals surface area contributed by atoms with E-state index in [2.05, 4.69) is 50.8 Å². The molecule has 0 spiro atoms. The molecule has 0 aliphatic heterocycles. The number of hydrogen-bond acceptors (Lipinski definition) is 6. The third-order valence-corrected chi connectivity index (χ3v) is 13.3. The Labute approximate surface area is 264 Å². The second-order valence-corrected chi connectivity index (χ2v) is 19.6. The number of carbonyl (C=O) groups is 1. The van der Waals surface area contributed by atoms with Crippen molar-refractivity contribution >= 4 is 30.0 Å². The highest BCUT2D eigenvalue weighted by Gasteiger charge is 2.39. The molecule has 0 radical (unpaired) electrons. The van der Waals surface area contributed by atoms with Crippen molar-refractivity contribution in [1.29, 1.82) is 0 Å². The number of benzene rings is 3. The molecule has 3 aromatic rings. The summed E-state index contributed by atoms with van der Waals surface area (Å²) in [5.74, 6) is -0.951. The number of hydrogen-bond donors (Lipinski definition) is 3. The van der Waals surface area contributed by atoms with E-state index in [1.165, 1.54) is 0 Å². The van der Waals surface area contributed by atoms with E-state index >= 15 is 0 Å². The van der Waals surface area contributed by atoms with E-state index in [-0.39, 0.29) is 17.2 Å². The molecule has 10 heteroatoms. The van der Waals surface area contributed by atoms with Crippen molar-refractivity contribution in [2.45, 2.75) is 83.8 Å². The van der Waals surface area contributed by atoms with Crippen LogP contribution in [-0.2, 0) is 32.3 Å². The fourth-order valence-electron chi connectivity index (χ4n) is 4.47. The Bertz CT molecular complexity index is 1490. The molecule has 0 heterocycles. The van der Waals surface area contributed by atoms with Gasteiger partial charge in [-0.2, -0.15) is 0 Å². The van der Waals surface area contributed by atoms with Gasteiger partial charge in [0, 0.05) is 12.6 Å². The highest BCUT2D eigenvalue weighted by atomic mass is 32.2. The van der Waals surface area contributed by atoms with Crippen LogP contribution in [0.15, 0.2) is 72.8 Å². The van der Waals surface area contributed by atoms with Crippen molar-refractivity contribution < 1.29 is 27.5 Å². The summed E-state index contributed by atoms with van der Waals surface area (Å²) < 4.78 is 40.2. The van der Waals surface area contributed by atoms with E-state index in [4.69, 9.17) is 9.16 Å². The smallest absolute Gasteiger partial charge is 0.310 e. The lowest BCUT2D eigenvalue weighted by molar-refractivity contribution is -0.138. The molecule has 3 rings (SSSR count). The fraction of sp³-hybridized carbons (Fsp3) is 0.441. The maximum atomic E-state index is 12.3. The molecule has 8 nitrogen and oxygen atoms in total. The zero-order valence-corrected chi connectivity index (χ0v) is 29.0. The average Bonchev–Trinajstić information content (AvgIpc) is 2.93. The summed E-state index contributed by atoms with van der Waals surface area (Å²) in [6, 6.07) is 23.1. The minimum atomic E-state index is -3.57. The maximum Gasteiger partial charge on any atom is 0.310 e. The van der Waals surface area contributed by atoms with Gasteiger partial charge in [0.1, 0.15) is 12.4 Å². The highest BCUT2D eigenvalue weighted by Crippen LogP contribution is 2.40. The van der Waals surface area contributed by atoms with Gasteiger partial charge in [-0.05, 0) is 72.8 Å². The van der Waals surface area contributed by atoms with Gasteiger partial charge in [0.05, 0.1) is 24.0 Å². The molecule has 3 N–H and O–H groups in total. The predicted octanol–water partition coefficient (Wildman–Crippen LogP) is 7.11. The zero-order valence-electron chi connectivity index (χ0n) is 27.2. The van der Waals surface area contributed by atoms with Gasteiger partial charge in [-0.3, -0.25) is 9.52 Å². The first-order valence-corrected chi connectivity index (χ1v) is 19.8. The molecule has 0 aromatic heterocycles. The molecule has 3 atom stereocenters. The summed E-state index contributed by atoms with van der Waals surface area (Å²) in [4.78, 5) is 11.3. The van der Waals surface area contributed by atoms with E-state index < -0.39 is 30.2 Å². The lowest BCUT2D eigenvalue weighted by Crippen LogP contribution is -2.44. The van der Waals surface area contributed by atoms with Crippen LogP contribution in [0.5, 0.6) is 5.75 Å². The molecule has 240 valence electrons. The third kappa shape index (κ3) is 10.5. The van der Waals surface area contributed by atoms with Crippen LogP contribution in [0.4, 0.5) is 5.69 Å². The van der Waals surface area contributed by atoms with Gasteiger partial charge in [0.2, 0.25) is 10.0 Å². The van der Waals surface area contributed by atoms with Crippen LogP contribution >= 0.6 is 0 Å². The average molecular weight is 641 g/mol. The van der Waals surface area contributed by atoms with Crippen molar-refractivity contribution in [3.05, 3.63) is 95.1 Å². The van der Waals surface area contributed by atoms with Crippen LogP contribution in [0.2, 0.25) is 18.1 Å². The number of carboxylic acid groups (broad SMARTS) is 1. The Kier molecular flexibility index (Phi) is 11.8. The molecule has 0 fully saturated rings. The monoisotopic (exact) mass is 640 g/mol. The van der Waals surface area contributed by atoms with Crippen molar-refractivity contribution in [3.8, 4) is 5.75 Å². The summed E-state index contributed by atoms with van der Waals surface area (Å²) in [6.45, 7) is 15.6. The highest BCUT2D eigenvalue weighted by molar-refractivity contribution is 7.92. The number of aliphatic carboxylic acids is 1. The molecular formula is C34H48N2O6SSi. The summed E-state index contributed by atoms with van der Waals surface area (Å²) in [5.41, 5.74) is 4.07. The van der Waals surface area contributed by atoms with Crippen LogP contribution in [-0.4, -0.2) is 46.7 Å². The van der Waals surface area contributed by atoms with Crippen LogP contribution < -0.4 is 14.8 Å². The molecule has 0 aliphatic rings. The minimum absolute atomic E-state index is 0.0295. The predicted molar refractivity (Wildman–Crippen MR) is 180 cm³/mol. The molecule has 0 saturated carbocycles. The molecular weight excluding hydrogens is 593 g/mol. The lowest BCUT2D eigenvalue weighted by Gasteiger charge is -2.40. The summed E-state index contributed by atoms with van der Waals surface area (Å²) in [7, 11) is -5.79. The molecule has 0 amide bonds. The third-order valence-electron chi connectivity index (χ3n) is 8.19.